The van der Waals surface area contributed by atoms with Gasteiger partial charge in [0.05, 0.1) is 5.69 Å². The van der Waals surface area contributed by atoms with Crippen LogP contribution in [-0.4, -0.2) is 11.1 Å². The second-order valence-electron chi connectivity index (χ2n) is 3.60. The summed E-state index contributed by atoms with van der Waals surface area (Å²) in [5, 5.41) is 11.0. The zero-order valence-corrected chi connectivity index (χ0v) is 11.5. The molecule has 0 spiro atoms. The van der Waals surface area contributed by atoms with Gasteiger partial charge in [-0.15, -0.1) is 0 Å². The van der Waals surface area contributed by atoms with Gasteiger partial charge in [0.15, 0.2) is 0 Å². The number of hydrogen-bond acceptors (Lipinski definition) is 2. The van der Waals surface area contributed by atoms with Crippen LogP contribution < -0.4 is 5.06 Å². The fraction of sp³-hybridized carbons (Fsp3) is 0. The van der Waals surface area contributed by atoms with Crippen molar-refractivity contribution in [2.45, 2.75) is 0 Å². The van der Waals surface area contributed by atoms with Gasteiger partial charge in [-0.1, -0.05) is 33.6 Å². The standard InChI is InChI=1S/C13H9BrClNO2/c14-10-3-1-2-9(8-10)13(17)16(18)12-6-4-11(15)5-7-12/h1-8,18H. The zero-order chi connectivity index (χ0) is 13.1. The number of benzene rings is 2. The summed E-state index contributed by atoms with van der Waals surface area (Å²) in [6, 6.07) is 13.2. The summed E-state index contributed by atoms with van der Waals surface area (Å²) in [7, 11) is 0. The van der Waals surface area contributed by atoms with E-state index in [1.165, 1.54) is 0 Å². The first-order chi connectivity index (χ1) is 8.58. The molecule has 0 aliphatic heterocycles. The lowest BCUT2D eigenvalue weighted by molar-refractivity contribution is 0.0854. The van der Waals surface area contributed by atoms with E-state index in [2.05, 4.69) is 15.9 Å². The molecule has 0 aliphatic rings. The summed E-state index contributed by atoms with van der Waals surface area (Å²) < 4.78 is 0.776. The van der Waals surface area contributed by atoms with Gasteiger partial charge in [0, 0.05) is 15.1 Å². The van der Waals surface area contributed by atoms with Gasteiger partial charge in [0.25, 0.3) is 5.91 Å². The topological polar surface area (TPSA) is 40.5 Å². The molecule has 0 bridgehead atoms. The van der Waals surface area contributed by atoms with Crippen molar-refractivity contribution < 1.29 is 10.0 Å². The van der Waals surface area contributed by atoms with Crippen molar-refractivity contribution in [3.63, 3.8) is 0 Å². The number of hydrogen-bond donors (Lipinski definition) is 1. The highest BCUT2D eigenvalue weighted by molar-refractivity contribution is 9.10. The Labute approximate surface area is 118 Å². The Hall–Kier alpha value is -1.36. The van der Waals surface area contributed by atoms with Crippen LogP contribution in [0.3, 0.4) is 0 Å². The maximum Gasteiger partial charge on any atom is 0.282 e. The largest absolute Gasteiger partial charge is 0.282 e. The van der Waals surface area contributed by atoms with Crippen molar-refractivity contribution in [1.82, 2.24) is 0 Å². The number of nitrogens with zero attached hydrogens (tertiary/aromatic N) is 1. The number of rotatable bonds is 2. The molecule has 0 fully saturated rings. The van der Waals surface area contributed by atoms with Gasteiger partial charge < -0.3 is 0 Å². The fourth-order valence-electron chi connectivity index (χ4n) is 1.44. The number of carbonyl (C=O) groups excluding carboxylic acids is 1. The van der Waals surface area contributed by atoms with Crippen LogP contribution >= 0.6 is 27.5 Å². The van der Waals surface area contributed by atoms with Crippen molar-refractivity contribution in [2.24, 2.45) is 0 Å². The lowest BCUT2D eigenvalue weighted by atomic mass is 10.2. The summed E-state index contributed by atoms with van der Waals surface area (Å²) >= 11 is 9.02. The molecule has 18 heavy (non-hydrogen) atoms. The molecule has 0 aliphatic carbocycles. The lowest BCUT2D eigenvalue weighted by Crippen LogP contribution is -2.26. The van der Waals surface area contributed by atoms with Crippen molar-refractivity contribution in [2.75, 3.05) is 5.06 Å². The number of amides is 1. The van der Waals surface area contributed by atoms with Crippen molar-refractivity contribution in [1.29, 1.82) is 0 Å². The second-order valence-corrected chi connectivity index (χ2v) is 4.96. The van der Waals surface area contributed by atoms with Gasteiger partial charge in [-0.05, 0) is 42.5 Å². The van der Waals surface area contributed by atoms with E-state index < -0.39 is 5.91 Å². The van der Waals surface area contributed by atoms with Crippen LogP contribution in [0.15, 0.2) is 53.0 Å². The van der Waals surface area contributed by atoms with E-state index in [4.69, 9.17) is 11.6 Å². The Morgan fingerprint density at radius 3 is 2.44 bits per heavy atom. The third-order valence-electron chi connectivity index (χ3n) is 2.34. The molecule has 2 aromatic rings. The first kappa shape index (κ1) is 13.1. The summed E-state index contributed by atoms with van der Waals surface area (Å²) in [5.74, 6) is -0.501. The average Bonchev–Trinajstić information content (AvgIpc) is 2.38. The van der Waals surface area contributed by atoms with Gasteiger partial charge in [-0.2, -0.15) is 5.06 Å². The van der Waals surface area contributed by atoms with Gasteiger partial charge in [0.1, 0.15) is 0 Å². The molecule has 0 heterocycles. The summed E-state index contributed by atoms with van der Waals surface area (Å²) in [6.45, 7) is 0. The van der Waals surface area contributed by atoms with Crippen LogP contribution in [0.1, 0.15) is 10.4 Å². The second kappa shape index (κ2) is 5.52. The Bertz CT molecular complexity index is 571. The molecule has 0 atom stereocenters. The highest BCUT2D eigenvalue weighted by Crippen LogP contribution is 2.19. The highest BCUT2D eigenvalue weighted by atomic mass is 79.9. The van der Waals surface area contributed by atoms with E-state index in [-0.39, 0.29) is 0 Å². The Morgan fingerprint density at radius 2 is 1.83 bits per heavy atom. The maximum absolute atomic E-state index is 12.0. The summed E-state index contributed by atoms with van der Waals surface area (Å²) in [6.07, 6.45) is 0. The van der Waals surface area contributed by atoms with Gasteiger partial charge in [0.2, 0.25) is 0 Å². The van der Waals surface area contributed by atoms with Gasteiger partial charge in [-0.25, -0.2) is 0 Å². The molecule has 1 N–H and O–H groups in total. The molecule has 5 heteroatoms. The molecule has 2 aromatic carbocycles. The molecular weight excluding hydrogens is 318 g/mol. The van der Waals surface area contributed by atoms with Crippen LogP contribution in [0.2, 0.25) is 5.02 Å². The predicted octanol–water partition coefficient (Wildman–Crippen LogP) is 4.14. The summed E-state index contributed by atoms with van der Waals surface area (Å²) in [5.41, 5.74) is 0.756. The molecule has 2 rings (SSSR count). The van der Waals surface area contributed by atoms with E-state index in [9.17, 15) is 10.0 Å². The van der Waals surface area contributed by atoms with Crippen LogP contribution in [-0.2, 0) is 0 Å². The first-order valence-electron chi connectivity index (χ1n) is 5.12. The molecule has 0 aromatic heterocycles. The van der Waals surface area contributed by atoms with E-state index in [0.717, 1.165) is 4.47 Å². The Kier molecular flexibility index (Phi) is 4.01. The minimum Gasteiger partial charge on any atom is -0.281 e. The third-order valence-corrected chi connectivity index (χ3v) is 3.08. The van der Waals surface area contributed by atoms with Crippen molar-refractivity contribution in [3.8, 4) is 0 Å². The smallest absolute Gasteiger partial charge is 0.281 e. The first-order valence-corrected chi connectivity index (χ1v) is 6.29. The highest BCUT2D eigenvalue weighted by Gasteiger charge is 2.15. The quantitative estimate of drug-likeness (QED) is 0.665. The monoisotopic (exact) mass is 325 g/mol. The molecule has 0 unspecified atom stereocenters. The summed E-state index contributed by atoms with van der Waals surface area (Å²) in [4.78, 5) is 12.0. The van der Waals surface area contributed by atoms with Crippen LogP contribution in [0.5, 0.6) is 0 Å². The molecule has 0 saturated heterocycles. The van der Waals surface area contributed by atoms with Crippen LogP contribution in [0.25, 0.3) is 0 Å². The lowest BCUT2D eigenvalue weighted by Gasteiger charge is -2.15. The Balaban J connectivity index is 2.26. The molecule has 0 saturated carbocycles. The Morgan fingerprint density at radius 1 is 1.17 bits per heavy atom. The van der Waals surface area contributed by atoms with E-state index in [1.54, 1.807) is 48.5 Å². The molecular formula is C13H9BrClNO2. The van der Waals surface area contributed by atoms with E-state index in [1.807, 2.05) is 0 Å². The normalized spacial score (nSPS) is 10.2. The molecule has 3 nitrogen and oxygen atoms in total. The minimum atomic E-state index is -0.501. The van der Waals surface area contributed by atoms with Crippen molar-refractivity contribution >= 4 is 39.1 Å². The van der Waals surface area contributed by atoms with Crippen molar-refractivity contribution in [3.05, 3.63) is 63.6 Å². The maximum atomic E-state index is 12.0. The molecule has 0 radical (unpaired) electrons. The van der Waals surface area contributed by atoms with Crippen LogP contribution in [0.4, 0.5) is 5.69 Å². The van der Waals surface area contributed by atoms with E-state index >= 15 is 0 Å². The zero-order valence-electron chi connectivity index (χ0n) is 9.18. The van der Waals surface area contributed by atoms with Gasteiger partial charge in [-0.3, -0.25) is 10.0 Å². The molecule has 1 amide bonds. The SMILES string of the molecule is O=C(c1cccc(Br)c1)N(O)c1ccc(Cl)cc1. The van der Waals surface area contributed by atoms with Gasteiger partial charge >= 0.3 is 0 Å². The minimum absolute atomic E-state index is 0.365. The number of anilines is 1. The predicted molar refractivity (Wildman–Crippen MR) is 74.2 cm³/mol. The number of halogens is 2. The fourth-order valence-corrected chi connectivity index (χ4v) is 1.97. The average molecular weight is 327 g/mol. The third kappa shape index (κ3) is 2.90. The molecule has 92 valence electrons. The number of carbonyl (C=O) groups is 1. The van der Waals surface area contributed by atoms with Crippen LogP contribution in [0, 0.1) is 0 Å². The van der Waals surface area contributed by atoms with E-state index in [0.29, 0.717) is 21.3 Å². The number of hydroxylamine groups is 1.